The van der Waals surface area contributed by atoms with Crippen LogP contribution < -0.4 is 5.32 Å². The quantitative estimate of drug-likeness (QED) is 0.799. The fourth-order valence-corrected chi connectivity index (χ4v) is 3.83. The minimum absolute atomic E-state index is 0.0849. The van der Waals surface area contributed by atoms with Gasteiger partial charge in [-0.25, -0.2) is 0 Å². The average molecular weight is 416 g/mol. The second-order valence-electron chi connectivity index (χ2n) is 5.92. The lowest BCUT2D eigenvalue weighted by Gasteiger charge is -2.36. The van der Waals surface area contributed by atoms with Crippen molar-refractivity contribution in [3.8, 4) is 11.5 Å². The van der Waals surface area contributed by atoms with E-state index in [-0.39, 0.29) is 11.5 Å². The van der Waals surface area contributed by atoms with E-state index in [1.54, 1.807) is 6.20 Å². The standard InChI is InChI=1S/C14H16Br2N4O/c1-14(2)4-3-5-17-11(14)13-19-12(20-21-13)10-9(16)6-8(15)7-18-10/h6-7,11,17H,3-5H2,1-2H3. The van der Waals surface area contributed by atoms with Crippen molar-refractivity contribution in [3.05, 3.63) is 27.1 Å². The maximum atomic E-state index is 5.48. The van der Waals surface area contributed by atoms with Crippen molar-refractivity contribution in [1.29, 1.82) is 0 Å². The molecule has 3 heterocycles. The number of hydrogen-bond donors (Lipinski definition) is 1. The Morgan fingerprint density at radius 2 is 2.19 bits per heavy atom. The summed E-state index contributed by atoms with van der Waals surface area (Å²) in [5, 5.41) is 7.56. The lowest BCUT2D eigenvalue weighted by molar-refractivity contribution is 0.146. The molecule has 0 aromatic carbocycles. The molecule has 112 valence electrons. The van der Waals surface area contributed by atoms with Crippen LogP contribution in [0.2, 0.25) is 0 Å². The van der Waals surface area contributed by atoms with Gasteiger partial charge in [-0.05, 0) is 62.7 Å². The minimum atomic E-state index is 0.0849. The summed E-state index contributed by atoms with van der Waals surface area (Å²) in [6.45, 7) is 5.43. The molecule has 1 saturated heterocycles. The number of pyridine rings is 1. The van der Waals surface area contributed by atoms with Gasteiger partial charge >= 0.3 is 0 Å². The van der Waals surface area contributed by atoms with Gasteiger partial charge in [0.2, 0.25) is 11.7 Å². The highest BCUT2D eigenvalue weighted by molar-refractivity contribution is 9.11. The second kappa shape index (κ2) is 5.78. The van der Waals surface area contributed by atoms with Crippen molar-refractivity contribution in [1.82, 2.24) is 20.4 Å². The van der Waals surface area contributed by atoms with E-state index in [2.05, 4.69) is 66.1 Å². The van der Waals surface area contributed by atoms with Gasteiger partial charge in [0.1, 0.15) is 5.69 Å². The van der Waals surface area contributed by atoms with Gasteiger partial charge in [-0.3, -0.25) is 4.98 Å². The van der Waals surface area contributed by atoms with Crippen LogP contribution in [0.5, 0.6) is 0 Å². The van der Waals surface area contributed by atoms with Crippen LogP contribution in [-0.2, 0) is 0 Å². The third-order valence-corrected chi connectivity index (χ3v) is 4.87. The summed E-state index contributed by atoms with van der Waals surface area (Å²) >= 11 is 6.87. The van der Waals surface area contributed by atoms with Crippen LogP contribution >= 0.6 is 31.9 Å². The van der Waals surface area contributed by atoms with E-state index in [1.807, 2.05) is 6.07 Å². The first-order chi connectivity index (χ1) is 9.97. The van der Waals surface area contributed by atoms with Crippen LogP contribution in [0.3, 0.4) is 0 Å². The highest BCUT2D eigenvalue weighted by atomic mass is 79.9. The van der Waals surface area contributed by atoms with Crippen LogP contribution in [0.25, 0.3) is 11.5 Å². The van der Waals surface area contributed by atoms with Gasteiger partial charge in [0, 0.05) is 15.1 Å². The number of halogens is 2. The predicted molar refractivity (Wildman–Crippen MR) is 86.7 cm³/mol. The van der Waals surface area contributed by atoms with Gasteiger partial charge < -0.3 is 9.84 Å². The molecule has 1 aliphatic heterocycles. The molecule has 21 heavy (non-hydrogen) atoms. The van der Waals surface area contributed by atoms with Crippen molar-refractivity contribution in [2.45, 2.75) is 32.7 Å². The van der Waals surface area contributed by atoms with Gasteiger partial charge in [-0.15, -0.1) is 0 Å². The average Bonchev–Trinajstić information content (AvgIpc) is 2.87. The Morgan fingerprint density at radius 3 is 2.90 bits per heavy atom. The Balaban J connectivity index is 1.93. The first-order valence-corrected chi connectivity index (χ1v) is 8.44. The minimum Gasteiger partial charge on any atom is -0.337 e. The molecular weight excluding hydrogens is 400 g/mol. The van der Waals surface area contributed by atoms with E-state index >= 15 is 0 Å². The van der Waals surface area contributed by atoms with Gasteiger partial charge in [-0.1, -0.05) is 19.0 Å². The number of piperidine rings is 1. The van der Waals surface area contributed by atoms with E-state index in [0.29, 0.717) is 17.4 Å². The Kier molecular flexibility index (Phi) is 4.16. The molecule has 2 aromatic heterocycles. The molecule has 3 rings (SSSR count). The molecule has 5 nitrogen and oxygen atoms in total. The summed E-state index contributed by atoms with van der Waals surface area (Å²) in [4.78, 5) is 8.89. The summed E-state index contributed by atoms with van der Waals surface area (Å²) in [7, 11) is 0. The number of nitrogens with one attached hydrogen (secondary N) is 1. The van der Waals surface area contributed by atoms with Crippen molar-refractivity contribution < 1.29 is 4.52 Å². The molecule has 0 amide bonds. The van der Waals surface area contributed by atoms with Crippen molar-refractivity contribution >= 4 is 31.9 Å². The molecule has 1 fully saturated rings. The van der Waals surface area contributed by atoms with E-state index < -0.39 is 0 Å². The Bertz CT molecular complexity index is 656. The predicted octanol–water partition coefficient (Wildman–Crippen LogP) is 4.11. The zero-order chi connectivity index (χ0) is 15.0. The molecule has 0 radical (unpaired) electrons. The first-order valence-electron chi connectivity index (χ1n) is 6.86. The monoisotopic (exact) mass is 414 g/mol. The van der Waals surface area contributed by atoms with Crippen LogP contribution in [0.15, 0.2) is 25.7 Å². The zero-order valence-electron chi connectivity index (χ0n) is 11.9. The highest BCUT2D eigenvalue weighted by Crippen LogP contribution is 2.40. The summed E-state index contributed by atoms with van der Waals surface area (Å²) < 4.78 is 7.22. The summed E-state index contributed by atoms with van der Waals surface area (Å²) in [5.74, 6) is 1.14. The van der Waals surface area contributed by atoms with Crippen LogP contribution in [0, 0.1) is 5.41 Å². The maximum Gasteiger partial charge on any atom is 0.244 e. The highest BCUT2D eigenvalue weighted by Gasteiger charge is 2.37. The normalized spacial score (nSPS) is 21.4. The SMILES string of the molecule is CC1(C)CCCNC1c1nc(-c2ncc(Br)cc2Br)no1. The number of aromatic nitrogens is 3. The topological polar surface area (TPSA) is 63.8 Å². The molecule has 0 saturated carbocycles. The molecule has 1 N–H and O–H groups in total. The molecular formula is C14H16Br2N4O. The second-order valence-corrected chi connectivity index (χ2v) is 7.69. The molecule has 2 aromatic rings. The lowest BCUT2D eigenvalue weighted by Crippen LogP contribution is -2.39. The third kappa shape index (κ3) is 3.05. The van der Waals surface area contributed by atoms with Crippen LogP contribution in [0.1, 0.15) is 38.6 Å². The number of hydrogen-bond acceptors (Lipinski definition) is 5. The smallest absolute Gasteiger partial charge is 0.244 e. The summed E-state index contributed by atoms with van der Waals surface area (Å²) in [6, 6.07) is 2.00. The largest absolute Gasteiger partial charge is 0.337 e. The molecule has 7 heteroatoms. The fourth-order valence-electron chi connectivity index (χ4n) is 2.66. The Labute approximate surface area is 140 Å². The van der Waals surface area contributed by atoms with Crippen molar-refractivity contribution in [3.63, 3.8) is 0 Å². The van der Waals surface area contributed by atoms with E-state index in [1.165, 1.54) is 6.42 Å². The molecule has 0 aliphatic carbocycles. The van der Waals surface area contributed by atoms with Gasteiger partial charge in [0.25, 0.3) is 0 Å². The van der Waals surface area contributed by atoms with Gasteiger partial charge in [-0.2, -0.15) is 4.98 Å². The molecule has 1 unspecified atom stereocenters. The number of rotatable bonds is 2. The number of nitrogens with zero attached hydrogens (tertiary/aromatic N) is 3. The maximum absolute atomic E-state index is 5.48. The van der Waals surface area contributed by atoms with Gasteiger partial charge in [0.15, 0.2) is 0 Å². The molecule has 1 aliphatic rings. The molecule has 1 atom stereocenters. The first kappa shape index (κ1) is 15.1. The van der Waals surface area contributed by atoms with E-state index in [4.69, 9.17) is 4.52 Å². The third-order valence-electron chi connectivity index (χ3n) is 3.84. The Hall–Kier alpha value is -0.790. The van der Waals surface area contributed by atoms with Crippen LogP contribution in [0.4, 0.5) is 0 Å². The van der Waals surface area contributed by atoms with Crippen molar-refractivity contribution in [2.24, 2.45) is 5.41 Å². The lowest BCUT2D eigenvalue weighted by atomic mass is 9.77. The zero-order valence-corrected chi connectivity index (χ0v) is 15.0. The summed E-state index contributed by atoms with van der Waals surface area (Å²) in [5.41, 5.74) is 0.786. The molecule has 0 spiro atoms. The van der Waals surface area contributed by atoms with E-state index in [0.717, 1.165) is 21.9 Å². The van der Waals surface area contributed by atoms with Crippen LogP contribution in [-0.4, -0.2) is 21.7 Å². The van der Waals surface area contributed by atoms with Crippen molar-refractivity contribution in [2.75, 3.05) is 6.54 Å². The Morgan fingerprint density at radius 1 is 1.38 bits per heavy atom. The summed E-state index contributed by atoms with van der Waals surface area (Å²) in [6.07, 6.45) is 4.03. The fraction of sp³-hybridized carbons (Fsp3) is 0.500. The van der Waals surface area contributed by atoms with Gasteiger partial charge in [0.05, 0.1) is 6.04 Å². The van der Waals surface area contributed by atoms with E-state index in [9.17, 15) is 0 Å². The molecule has 0 bridgehead atoms.